The first-order valence-corrected chi connectivity index (χ1v) is 8.79. The number of halogens is 2. The predicted molar refractivity (Wildman–Crippen MR) is 91.0 cm³/mol. The summed E-state index contributed by atoms with van der Waals surface area (Å²) < 4.78 is 26.9. The van der Waals surface area contributed by atoms with Crippen molar-refractivity contribution in [2.24, 2.45) is 0 Å². The van der Waals surface area contributed by atoms with Crippen LogP contribution >= 0.6 is 34.2 Å². The molecule has 0 heterocycles. The second-order valence-corrected chi connectivity index (χ2v) is 7.58. The van der Waals surface area contributed by atoms with E-state index in [0.717, 1.165) is 4.31 Å². The summed E-state index contributed by atoms with van der Waals surface area (Å²) in [5.74, 6) is -0.584. The molecular formula is C14H11ClINO3S. The first-order valence-electron chi connectivity index (χ1n) is 5.90. The largest absolute Gasteiger partial charge is 0.274 e. The van der Waals surface area contributed by atoms with Gasteiger partial charge in [-0.15, -0.1) is 0 Å². The van der Waals surface area contributed by atoms with Gasteiger partial charge >= 0.3 is 0 Å². The standard InChI is InChI=1S/C14H11ClINO3S/c1-10(18)17(14-8-3-2-7-13(14)16)21(19,20)12-6-4-5-11(15)9-12/h2-9H,1H3. The molecule has 0 fully saturated rings. The van der Waals surface area contributed by atoms with Crippen LogP contribution in [0.4, 0.5) is 5.69 Å². The minimum Gasteiger partial charge on any atom is -0.274 e. The number of hydrogen-bond donors (Lipinski definition) is 0. The number of rotatable bonds is 3. The third kappa shape index (κ3) is 3.38. The van der Waals surface area contributed by atoms with Crippen molar-refractivity contribution in [2.45, 2.75) is 11.8 Å². The molecule has 1 amide bonds. The van der Waals surface area contributed by atoms with Gasteiger partial charge in [0.15, 0.2) is 0 Å². The second kappa shape index (κ2) is 6.33. The average molecular weight is 436 g/mol. The highest BCUT2D eigenvalue weighted by Gasteiger charge is 2.29. The number of hydrogen-bond acceptors (Lipinski definition) is 3. The van der Waals surface area contributed by atoms with Crippen molar-refractivity contribution in [3.63, 3.8) is 0 Å². The summed E-state index contributed by atoms with van der Waals surface area (Å²) in [7, 11) is -4.00. The molecule has 0 radical (unpaired) electrons. The van der Waals surface area contributed by atoms with E-state index in [1.807, 2.05) is 22.6 Å². The van der Waals surface area contributed by atoms with Crippen LogP contribution in [0.3, 0.4) is 0 Å². The highest BCUT2D eigenvalue weighted by atomic mass is 127. The van der Waals surface area contributed by atoms with Crippen molar-refractivity contribution in [2.75, 3.05) is 4.31 Å². The van der Waals surface area contributed by atoms with E-state index in [4.69, 9.17) is 11.6 Å². The summed E-state index contributed by atoms with van der Waals surface area (Å²) >= 11 is 7.83. The molecule has 0 N–H and O–H groups in total. The van der Waals surface area contributed by atoms with Crippen LogP contribution in [0.1, 0.15) is 6.92 Å². The van der Waals surface area contributed by atoms with Crippen molar-refractivity contribution in [1.29, 1.82) is 0 Å². The zero-order valence-corrected chi connectivity index (χ0v) is 14.7. The fourth-order valence-corrected chi connectivity index (χ4v) is 4.36. The van der Waals surface area contributed by atoms with Gasteiger partial charge in [-0.3, -0.25) is 4.79 Å². The number of benzene rings is 2. The fraction of sp³-hybridized carbons (Fsp3) is 0.0714. The quantitative estimate of drug-likeness (QED) is 0.691. The number of carbonyl (C=O) groups excluding carboxylic acids is 1. The Morgan fingerprint density at radius 2 is 1.81 bits per heavy atom. The summed E-state index contributed by atoms with van der Waals surface area (Å²) in [6.45, 7) is 1.21. The number of para-hydroxylation sites is 1. The van der Waals surface area contributed by atoms with Crippen LogP contribution in [0.2, 0.25) is 5.02 Å². The van der Waals surface area contributed by atoms with Crippen LogP contribution in [0, 0.1) is 3.57 Å². The maximum atomic E-state index is 12.7. The molecule has 110 valence electrons. The van der Waals surface area contributed by atoms with Crippen molar-refractivity contribution < 1.29 is 13.2 Å². The number of anilines is 1. The van der Waals surface area contributed by atoms with Crippen molar-refractivity contribution in [1.82, 2.24) is 0 Å². The normalized spacial score (nSPS) is 11.2. The van der Waals surface area contributed by atoms with E-state index in [9.17, 15) is 13.2 Å². The van der Waals surface area contributed by atoms with Crippen LogP contribution in [0.15, 0.2) is 53.4 Å². The van der Waals surface area contributed by atoms with Gasteiger partial charge in [0, 0.05) is 15.5 Å². The lowest BCUT2D eigenvalue weighted by atomic mass is 10.3. The Morgan fingerprint density at radius 3 is 2.38 bits per heavy atom. The molecule has 0 aliphatic rings. The molecule has 0 bridgehead atoms. The molecule has 4 nitrogen and oxygen atoms in total. The van der Waals surface area contributed by atoms with Crippen LogP contribution in [0.5, 0.6) is 0 Å². The molecular weight excluding hydrogens is 425 g/mol. The van der Waals surface area contributed by atoms with Gasteiger partial charge in [-0.05, 0) is 52.9 Å². The summed E-state index contributed by atoms with van der Waals surface area (Å²) in [5.41, 5.74) is 0.325. The second-order valence-electron chi connectivity index (χ2n) is 4.20. The number of carbonyl (C=O) groups is 1. The SMILES string of the molecule is CC(=O)N(c1ccccc1I)S(=O)(=O)c1cccc(Cl)c1. The zero-order valence-electron chi connectivity index (χ0n) is 11.0. The molecule has 2 aromatic carbocycles. The molecule has 2 aromatic rings. The van der Waals surface area contributed by atoms with Crippen molar-refractivity contribution in [3.8, 4) is 0 Å². The van der Waals surface area contributed by atoms with Crippen molar-refractivity contribution in [3.05, 3.63) is 57.1 Å². The topological polar surface area (TPSA) is 54.5 Å². The molecule has 0 aromatic heterocycles. The van der Waals surface area contributed by atoms with Gasteiger partial charge in [0.25, 0.3) is 10.0 Å². The minimum atomic E-state index is -4.00. The van der Waals surface area contributed by atoms with E-state index >= 15 is 0 Å². The molecule has 0 saturated carbocycles. The first kappa shape index (κ1) is 16.3. The molecule has 0 aliphatic carbocycles. The number of sulfonamides is 1. The Labute approximate surface area is 141 Å². The summed E-state index contributed by atoms with van der Waals surface area (Å²) in [5, 5.41) is 0.294. The van der Waals surface area contributed by atoms with Gasteiger partial charge in [0.2, 0.25) is 5.91 Å². The van der Waals surface area contributed by atoms with Gasteiger partial charge in [-0.25, -0.2) is 12.7 Å². The van der Waals surface area contributed by atoms with E-state index in [1.54, 1.807) is 30.3 Å². The first-order chi connectivity index (χ1) is 9.84. The smallest absolute Gasteiger partial charge is 0.270 e. The van der Waals surface area contributed by atoms with E-state index in [1.165, 1.54) is 25.1 Å². The molecule has 0 atom stereocenters. The van der Waals surface area contributed by atoms with Crippen molar-refractivity contribution >= 4 is 55.8 Å². The zero-order chi connectivity index (χ0) is 15.6. The minimum absolute atomic E-state index is 0.0233. The molecule has 0 spiro atoms. The molecule has 0 saturated heterocycles. The van der Waals surface area contributed by atoms with Gasteiger partial charge in [-0.1, -0.05) is 29.8 Å². The maximum absolute atomic E-state index is 12.7. The summed E-state index contributed by atoms with van der Waals surface area (Å²) in [6, 6.07) is 12.6. The lowest BCUT2D eigenvalue weighted by Gasteiger charge is -2.22. The summed E-state index contributed by atoms with van der Waals surface area (Å²) in [6.07, 6.45) is 0. The van der Waals surface area contributed by atoms with E-state index in [2.05, 4.69) is 0 Å². The third-order valence-corrected chi connectivity index (χ3v) is 5.62. The maximum Gasteiger partial charge on any atom is 0.270 e. The fourth-order valence-electron chi connectivity index (χ4n) is 1.82. The molecule has 7 heteroatoms. The Bertz CT molecular complexity index is 792. The lowest BCUT2D eigenvalue weighted by molar-refractivity contribution is -0.115. The van der Waals surface area contributed by atoms with E-state index < -0.39 is 15.9 Å². The number of amides is 1. The lowest BCUT2D eigenvalue weighted by Crippen LogP contribution is -2.35. The van der Waals surface area contributed by atoms with Gasteiger partial charge in [0.05, 0.1) is 10.6 Å². The highest BCUT2D eigenvalue weighted by molar-refractivity contribution is 14.1. The Kier molecular flexibility index (Phi) is 4.90. The Hall–Kier alpha value is -1.12. The molecule has 21 heavy (non-hydrogen) atoms. The molecule has 0 unspecified atom stereocenters. The monoisotopic (exact) mass is 435 g/mol. The third-order valence-electron chi connectivity index (χ3n) is 2.69. The molecule has 0 aliphatic heterocycles. The van der Waals surface area contributed by atoms with Gasteiger partial charge < -0.3 is 0 Å². The number of nitrogens with zero attached hydrogens (tertiary/aromatic N) is 1. The summed E-state index contributed by atoms with van der Waals surface area (Å²) in [4.78, 5) is 11.9. The Morgan fingerprint density at radius 1 is 1.14 bits per heavy atom. The van der Waals surface area contributed by atoms with Crippen LogP contribution in [0.25, 0.3) is 0 Å². The van der Waals surface area contributed by atoms with E-state index in [0.29, 0.717) is 14.3 Å². The van der Waals surface area contributed by atoms with Gasteiger partial charge in [-0.2, -0.15) is 0 Å². The predicted octanol–water partition coefficient (Wildman–Crippen LogP) is 3.69. The highest BCUT2D eigenvalue weighted by Crippen LogP contribution is 2.29. The van der Waals surface area contributed by atoms with E-state index in [-0.39, 0.29) is 4.90 Å². The van der Waals surface area contributed by atoms with Crippen LogP contribution < -0.4 is 4.31 Å². The van der Waals surface area contributed by atoms with Crippen LogP contribution in [-0.2, 0) is 14.8 Å². The Balaban J connectivity index is 2.63. The average Bonchev–Trinajstić information content (AvgIpc) is 2.40. The molecule has 2 rings (SSSR count). The van der Waals surface area contributed by atoms with Gasteiger partial charge in [0.1, 0.15) is 0 Å². The van der Waals surface area contributed by atoms with Crippen LogP contribution in [-0.4, -0.2) is 14.3 Å².